The third-order valence-corrected chi connectivity index (χ3v) is 2.70. The third kappa shape index (κ3) is 1.80. The molecule has 2 N–H and O–H groups in total. The van der Waals surface area contributed by atoms with Crippen molar-refractivity contribution in [2.24, 2.45) is 0 Å². The number of ether oxygens (including phenoxy) is 2. The van der Waals surface area contributed by atoms with E-state index in [-0.39, 0.29) is 0 Å². The van der Waals surface area contributed by atoms with Gasteiger partial charge >= 0.3 is 0 Å². The second kappa shape index (κ2) is 3.69. The van der Waals surface area contributed by atoms with E-state index < -0.39 is 0 Å². The molecule has 0 saturated heterocycles. The molecule has 0 bridgehead atoms. The van der Waals surface area contributed by atoms with E-state index in [1.165, 1.54) is 0 Å². The first-order chi connectivity index (χ1) is 8.22. The maximum absolute atomic E-state index is 5.85. The van der Waals surface area contributed by atoms with Crippen molar-refractivity contribution in [2.75, 3.05) is 12.5 Å². The SMILES string of the molecule is Cc1cc(N)n(Cc2ccc3c(c2)OCO3)n1. The van der Waals surface area contributed by atoms with Crippen LogP contribution >= 0.6 is 0 Å². The number of anilines is 1. The molecule has 0 unspecified atom stereocenters. The zero-order valence-corrected chi connectivity index (χ0v) is 9.51. The summed E-state index contributed by atoms with van der Waals surface area (Å²) in [4.78, 5) is 0. The molecule has 3 rings (SSSR count). The van der Waals surface area contributed by atoms with E-state index in [4.69, 9.17) is 15.2 Å². The number of nitrogens with zero attached hydrogens (tertiary/aromatic N) is 2. The summed E-state index contributed by atoms with van der Waals surface area (Å²) in [6, 6.07) is 7.71. The summed E-state index contributed by atoms with van der Waals surface area (Å²) in [5.41, 5.74) is 7.85. The van der Waals surface area contributed by atoms with Crippen molar-refractivity contribution in [1.29, 1.82) is 0 Å². The van der Waals surface area contributed by atoms with Gasteiger partial charge in [0.1, 0.15) is 5.82 Å². The summed E-state index contributed by atoms with van der Waals surface area (Å²) < 4.78 is 12.4. The molecule has 1 aromatic carbocycles. The van der Waals surface area contributed by atoms with Crippen LogP contribution in [0.1, 0.15) is 11.3 Å². The smallest absolute Gasteiger partial charge is 0.231 e. The van der Waals surface area contributed by atoms with Crippen LogP contribution in [0.15, 0.2) is 24.3 Å². The quantitative estimate of drug-likeness (QED) is 0.851. The number of hydrogen-bond donors (Lipinski definition) is 1. The van der Waals surface area contributed by atoms with Crippen LogP contribution in [-0.4, -0.2) is 16.6 Å². The van der Waals surface area contributed by atoms with Crippen LogP contribution in [0.4, 0.5) is 5.82 Å². The highest BCUT2D eigenvalue weighted by molar-refractivity contribution is 5.44. The molecule has 5 heteroatoms. The molecule has 2 heterocycles. The molecular formula is C12H13N3O2. The highest BCUT2D eigenvalue weighted by Crippen LogP contribution is 2.32. The predicted molar refractivity (Wildman–Crippen MR) is 63.0 cm³/mol. The second-order valence-corrected chi connectivity index (χ2v) is 4.06. The summed E-state index contributed by atoms with van der Waals surface area (Å²) in [5, 5.41) is 4.32. The Kier molecular flexibility index (Phi) is 2.18. The number of aryl methyl sites for hydroxylation is 1. The van der Waals surface area contributed by atoms with Gasteiger partial charge in [-0.3, -0.25) is 0 Å². The van der Waals surface area contributed by atoms with E-state index in [9.17, 15) is 0 Å². The lowest BCUT2D eigenvalue weighted by atomic mass is 10.2. The van der Waals surface area contributed by atoms with Crippen LogP contribution in [0, 0.1) is 6.92 Å². The maximum Gasteiger partial charge on any atom is 0.231 e. The minimum absolute atomic E-state index is 0.293. The van der Waals surface area contributed by atoms with Crippen molar-refractivity contribution >= 4 is 5.82 Å². The van der Waals surface area contributed by atoms with Crippen molar-refractivity contribution in [3.05, 3.63) is 35.5 Å². The number of fused-ring (bicyclic) bond motifs is 1. The normalized spacial score (nSPS) is 13.0. The van der Waals surface area contributed by atoms with Crippen molar-refractivity contribution in [3.8, 4) is 11.5 Å². The van der Waals surface area contributed by atoms with Gasteiger partial charge in [-0.2, -0.15) is 5.10 Å². The Balaban J connectivity index is 1.88. The predicted octanol–water partition coefficient (Wildman–Crippen LogP) is 1.55. The lowest BCUT2D eigenvalue weighted by Crippen LogP contribution is -2.05. The zero-order chi connectivity index (χ0) is 11.8. The van der Waals surface area contributed by atoms with Gasteiger partial charge in [-0.15, -0.1) is 0 Å². The summed E-state index contributed by atoms with van der Waals surface area (Å²) >= 11 is 0. The number of benzene rings is 1. The monoisotopic (exact) mass is 231 g/mol. The van der Waals surface area contributed by atoms with Crippen molar-refractivity contribution in [2.45, 2.75) is 13.5 Å². The maximum atomic E-state index is 5.85. The van der Waals surface area contributed by atoms with Gasteiger partial charge < -0.3 is 15.2 Å². The van der Waals surface area contributed by atoms with Crippen molar-refractivity contribution < 1.29 is 9.47 Å². The second-order valence-electron chi connectivity index (χ2n) is 4.06. The van der Waals surface area contributed by atoms with Crippen LogP contribution in [0.3, 0.4) is 0 Å². The molecule has 0 aliphatic carbocycles. The summed E-state index contributed by atoms with van der Waals surface area (Å²) in [6.45, 7) is 2.85. The average Bonchev–Trinajstić information content (AvgIpc) is 2.85. The summed E-state index contributed by atoms with van der Waals surface area (Å²) in [6.07, 6.45) is 0. The molecule has 1 aliphatic rings. The molecule has 0 saturated carbocycles. The molecule has 0 atom stereocenters. The summed E-state index contributed by atoms with van der Waals surface area (Å²) in [5.74, 6) is 2.24. The van der Waals surface area contributed by atoms with Crippen LogP contribution in [-0.2, 0) is 6.54 Å². The number of nitrogens with two attached hydrogens (primary N) is 1. The van der Waals surface area contributed by atoms with Crippen LogP contribution in [0.25, 0.3) is 0 Å². The Morgan fingerprint density at radius 3 is 2.88 bits per heavy atom. The van der Waals surface area contributed by atoms with E-state index >= 15 is 0 Å². The number of hydrogen-bond acceptors (Lipinski definition) is 4. The molecule has 1 aliphatic heterocycles. The fourth-order valence-corrected chi connectivity index (χ4v) is 1.90. The Morgan fingerprint density at radius 1 is 1.29 bits per heavy atom. The fourth-order valence-electron chi connectivity index (χ4n) is 1.90. The van der Waals surface area contributed by atoms with Gasteiger partial charge in [0.2, 0.25) is 6.79 Å². The number of rotatable bonds is 2. The highest BCUT2D eigenvalue weighted by Gasteiger charge is 2.13. The first-order valence-corrected chi connectivity index (χ1v) is 5.41. The Bertz CT molecular complexity index is 563. The van der Waals surface area contributed by atoms with Crippen molar-refractivity contribution in [3.63, 3.8) is 0 Å². The van der Waals surface area contributed by atoms with Gasteiger partial charge in [-0.1, -0.05) is 6.07 Å². The van der Waals surface area contributed by atoms with E-state index in [0.29, 0.717) is 19.2 Å². The Labute approximate surface area is 98.8 Å². The lowest BCUT2D eigenvalue weighted by molar-refractivity contribution is 0.174. The molecule has 0 amide bonds. The lowest BCUT2D eigenvalue weighted by Gasteiger charge is -2.05. The van der Waals surface area contributed by atoms with Gasteiger partial charge in [0.25, 0.3) is 0 Å². The number of nitrogen functional groups attached to an aromatic ring is 1. The van der Waals surface area contributed by atoms with E-state index in [2.05, 4.69) is 5.10 Å². The molecule has 0 fully saturated rings. The first-order valence-electron chi connectivity index (χ1n) is 5.41. The van der Waals surface area contributed by atoms with Gasteiger partial charge in [0.15, 0.2) is 11.5 Å². The van der Waals surface area contributed by atoms with Gasteiger partial charge in [-0.25, -0.2) is 4.68 Å². The standard InChI is InChI=1S/C12H13N3O2/c1-8-4-12(13)15(14-8)6-9-2-3-10-11(5-9)17-7-16-10/h2-5H,6-7,13H2,1H3. The van der Waals surface area contributed by atoms with Crippen molar-refractivity contribution in [1.82, 2.24) is 9.78 Å². The van der Waals surface area contributed by atoms with E-state index in [0.717, 1.165) is 22.8 Å². The zero-order valence-electron chi connectivity index (χ0n) is 9.51. The first kappa shape index (κ1) is 10.0. The van der Waals surface area contributed by atoms with Crippen LogP contribution < -0.4 is 15.2 Å². The van der Waals surface area contributed by atoms with E-state index in [1.807, 2.05) is 31.2 Å². The van der Waals surface area contributed by atoms with Gasteiger partial charge in [0.05, 0.1) is 12.2 Å². The molecule has 0 radical (unpaired) electrons. The van der Waals surface area contributed by atoms with Crippen LogP contribution in [0.2, 0.25) is 0 Å². The molecule has 88 valence electrons. The van der Waals surface area contributed by atoms with E-state index in [1.54, 1.807) is 4.68 Å². The average molecular weight is 231 g/mol. The van der Waals surface area contributed by atoms with Gasteiger partial charge in [-0.05, 0) is 24.6 Å². The minimum Gasteiger partial charge on any atom is -0.454 e. The Hall–Kier alpha value is -2.17. The molecular weight excluding hydrogens is 218 g/mol. The number of aromatic nitrogens is 2. The largest absolute Gasteiger partial charge is 0.454 e. The topological polar surface area (TPSA) is 62.3 Å². The Morgan fingerprint density at radius 2 is 2.12 bits per heavy atom. The minimum atomic E-state index is 0.293. The van der Waals surface area contributed by atoms with Gasteiger partial charge in [0, 0.05) is 6.07 Å². The molecule has 1 aromatic heterocycles. The molecule has 0 spiro atoms. The fraction of sp³-hybridized carbons (Fsp3) is 0.250. The summed E-state index contributed by atoms with van der Waals surface area (Å²) in [7, 11) is 0. The molecule has 17 heavy (non-hydrogen) atoms. The van der Waals surface area contributed by atoms with Crippen LogP contribution in [0.5, 0.6) is 11.5 Å². The third-order valence-electron chi connectivity index (χ3n) is 2.70. The molecule has 2 aromatic rings. The highest BCUT2D eigenvalue weighted by atomic mass is 16.7. The molecule has 5 nitrogen and oxygen atoms in total.